The van der Waals surface area contributed by atoms with Crippen LogP contribution in [0.4, 0.5) is 17.3 Å². The maximum absolute atomic E-state index is 13.4. The smallest absolute Gasteiger partial charge is 0.324 e. The molecule has 0 amide bonds. The lowest BCUT2D eigenvalue weighted by Crippen LogP contribution is -2.37. The SMILES string of the molecule is CN(c1ccc(-n2ccc3cc(N(CC(=O)O)S(=O)(=O)c4cc(Cl)cc(Cl)c4)ccc32)nn1)C1CCOCC1.CN(c1ccc(I)nn1)C1CCOCC1. The summed E-state index contributed by atoms with van der Waals surface area (Å²) in [6, 6.07) is 19.2. The van der Waals surface area contributed by atoms with Crippen LogP contribution in [0, 0.1) is 3.70 Å². The molecule has 7 rings (SSSR count). The largest absolute Gasteiger partial charge is 0.480 e. The Kier molecular flexibility index (Phi) is 13.1. The van der Waals surface area contributed by atoms with Crippen LogP contribution in [-0.2, 0) is 24.3 Å². The number of ether oxygens (including phenoxy) is 2. The number of halogens is 3. The predicted molar refractivity (Wildman–Crippen MR) is 217 cm³/mol. The molecule has 54 heavy (non-hydrogen) atoms. The number of aliphatic carboxylic acids is 1. The van der Waals surface area contributed by atoms with E-state index in [1.54, 1.807) is 30.5 Å². The van der Waals surface area contributed by atoms with Gasteiger partial charge in [-0.1, -0.05) is 23.2 Å². The Bertz CT molecular complexity index is 2150. The van der Waals surface area contributed by atoms with Gasteiger partial charge in [0.05, 0.1) is 16.1 Å². The Labute approximate surface area is 337 Å². The molecule has 2 fully saturated rings. The molecule has 14 nitrogen and oxygen atoms in total. The Morgan fingerprint density at radius 1 is 0.815 bits per heavy atom. The van der Waals surface area contributed by atoms with Crippen molar-refractivity contribution in [1.82, 2.24) is 25.0 Å². The fourth-order valence-electron chi connectivity index (χ4n) is 6.38. The predicted octanol–water partition coefficient (Wildman–Crippen LogP) is 6.32. The lowest BCUT2D eigenvalue weighted by atomic mass is 10.1. The van der Waals surface area contributed by atoms with Crippen LogP contribution in [0.5, 0.6) is 0 Å². The average molecular weight is 910 g/mol. The number of aromatic nitrogens is 5. The van der Waals surface area contributed by atoms with Crippen LogP contribution >= 0.6 is 45.8 Å². The first-order valence-corrected chi connectivity index (χ1v) is 20.4. The third-order valence-corrected chi connectivity index (χ3v) is 12.1. The van der Waals surface area contributed by atoms with Gasteiger partial charge in [-0.15, -0.1) is 20.4 Å². The Morgan fingerprint density at radius 2 is 1.39 bits per heavy atom. The van der Waals surface area contributed by atoms with Crippen molar-refractivity contribution in [3.8, 4) is 5.82 Å². The minimum Gasteiger partial charge on any atom is -0.480 e. The molecule has 0 radical (unpaired) electrons. The normalized spacial score (nSPS) is 15.4. The van der Waals surface area contributed by atoms with Crippen LogP contribution in [0.1, 0.15) is 25.7 Å². The third kappa shape index (κ3) is 9.52. The minimum absolute atomic E-state index is 0.120. The number of carboxylic acids is 1. The number of anilines is 3. The maximum atomic E-state index is 13.4. The molecule has 3 aromatic heterocycles. The van der Waals surface area contributed by atoms with Crippen molar-refractivity contribution in [2.75, 3.05) is 61.2 Å². The van der Waals surface area contributed by atoms with E-state index in [4.69, 9.17) is 32.7 Å². The number of nitrogens with zero attached hydrogens (tertiary/aromatic N) is 8. The zero-order valence-electron chi connectivity index (χ0n) is 29.6. The van der Waals surface area contributed by atoms with Gasteiger partial charge >= 0.3 is 5.97 Å². The second-order valence-electron chi connectivity index (χ2n) is 12.8. The molecular weight excluding hydrogens is 870 g/mol. The highest BCUT2D eigenvalue weighted by Crippen LogP contribution is 2.31. The highest BCUT2D eigenvalue weighted by Gasteiger charge is 2.29. The van der Waals surface area contributed by atoms with Gasteiger partial charge in [0.2, 0.25) is 0 Å². The molecule has 1 N–H and O–H groups in total. The fourth-order valence-corrected chi connectivity index (χ4v) is 8.80. The van der Waals surface area contributed by atoms with Crippen molar-refractivity contribution < 1.29 is 27.8 Å². The lowest BCUT2D eigenvalue weighted by molar-refractivity contribution is -0.135. The van der Waals surface area contributed by atoms with Crippen molar-refractivity contribution in [2.24, 2.45) is 0 Å². The van der Waals surface area contributed by atoms with E-state index >= 15 is 0 Å². The molecule has 0 spiro atoms. The van der Waals surface area contributed by atoms with Gasteiger partial charge in [0.25, 0.3) is 10.0 Å². The van der Waals surface area contributed by atoms with Crippen LogP contribution in [0.25, 0.3) is 16.7 Å². The molecule has 18 heteroatoms. The summed E-state index contributed by atoms with van der Waals surface area (Å²) in [5.74, 6) is 0.985. The Hall–Kier alpha value is -3.81. The van der Waals surface area contributed by atoms with Gasteiger partial charge in [-0.3, -0.25) is 13.7 Å². The molecule has 5 aromatic rings. The third-order valence-electron chi connectivity index (χ3n) is 9.37. The summed E-state index contributed by atoms with van der Waals surface area (Å²) in [6.07, 6.45) is 5.81. The molecule has 0 aliphatic carbocycles. The molecule has 2 aliphatic rings. The topological polar surface area (TPSA) is 156 Å². The summed E-state index contributed by atoms with van der Waals surface area (Å²) in [4.78, 5) is 15.7. The molecule has 0 saturated carbocycles. The summed E-state index contributed by atoms with van der Waals surface area (Å²) in [6.45, 7) is 2.39. The van der Waals surface area contributed by atoms with Gasteiger partial charge in [0, 0.05) is 74.2 Å². The summed E-state index contributed by atoms with van der Waals surface area (Å²) in [5.41, 5.74) is 0.926. The zero-order valence-corrected chi connectivity index (χ0v) is 34.0. The number of benzene rings is 2. The first-order valence-electron chi connectivity index (χ1n) is 17.2. The number of rotatable bonds is 10. The lowest BCUT2D eigenvalue weighted by Gasteiger charge is -2.31. The van der Waals surface area contributed by atoms with E-state index in [9.17, 15) is 18.3 Å². The second kappa shape index (κ2) is 17.8. The van der Waals surface area contributed by atoms with Crippen LogP contribution < -0.4 is 14.1 Å². The van der Waals surface area contributed by atoms with Crippen molar-refractivity contribution in [1.29, 1.82) is 0 Å². The number of fused-ring (bicyclic) bond motifs is 1. The molecule has 286 valence electrons. The van der Waals surface area contributed by atoms with Crippen LogP contribution in [-0.4, -0.2) is 104 Å². The number of hydrogen-bond donors (Lipinski definition) is 1. The minimum atomic E-state index is -4.29. The van der Waals surface area contributed by atoms with Gasteiger partial charge in [-0.2, -0.15) is 0 Å². The maximum Gasteiger partial charge on any atom is 0.324 e. The van der Waals surface area contributed by atoms with E-state index in [2.05, 4.69) is 59.8 Å². The number of carbonyl (C=O) groups is 1. The summed E-state index contributed by atoms with van der Waals surface area (Å²) in [5, 5.41) is 27.5. The molecule has 2 aliphatic heterocycles. The fraction of sp³-hybridized carbons (Fsp3) is 0.361. The van der Waals surface area contributed by atoms with Gasteiger partial charge in [-0.25, -0.2) is 8.42 Å². The molecule has 0 unspecified atom stereocenters. The standard InChI is InChI=1S/C26H25Cl2N5O5S.C10H14IN3O/c1-31(20-7-10-38-11-8-20)24-4-5-25(30-29-24)32-9-6-17-12-21(2-3-23(17)32)33(16-26(34)35)39(36,37)22-14-18(27)13-19(28)15-22;1-14(8-4-6-15-7-5-8)10-3-2-9(11)12-13-10/h2-6,9,12-15,20H,7-8,10-11,16H2,1H3,(H,34,35);2-3,8H,4-7H2,1H3. The van der Waals surface area contributed by atoms with E-state index in [1.807, 2.05) is 35.9 Å². The van der Waals surface area contributed by atoms with E-state index in [1.165, 1.54) is 18.2 Å². The van der Waals surface area contributed by atoms with E-state index in [-0.39, 0.29) is 20.6 Å². The van der Waals surface area contributed by atoms with Gasteiger partial charge in [0.15, 0.2) is 17.5 Å². The second-order valence-corrected chi connectivity index (χ2v) is 16.7. The van der Waals surface area contributed by atoms with E-state index < -0.39 is 22.5 Å². The molecule has 0 atom stereocenters. The number of sulfonamides is 1. The summed E-state index contributed by atoms with van der Waals surface area (Å²) < 4.78 is 41.3. The molecule has 2 saturated heterocycles. The monoisotopic (exact) mass is 908 g/mol. The highest BCUT2D eigenvalue weighted by atomic mass is 127. The highest BCUT2D eigenvalue weighted by molar-refractivity contribution is 14.1. The van der Waals surface area contributed by atoms with Crippen LogP contribution in [0.2, 0.25) is 10.0 Å². The van der Waals surface area contributed by atoms with Crippen LogP contribution in [0.15, 0.2) is 77.8 Å². The van der Waals surface area contributed by atoms with Crippen molar-refractivity contribution >= 4 is 90.0 Å². The van der Waals surface area contributed by atoms with Crippen molar-refractivity contribution in [2.45, 2.75) is 42.7 Å². The first kappa shape index (κ1) is 39.9. The Morgan fingerprint density at radius 3 is 1.91 bits per heavy atom. The first-order chi connectivity index (χ1) is 25.9. The average Bonchev–Trinajstić information content (AvgIpc) is 3.60. The summed E-state index contributed by atoms with van der Waals surface area (Å²) in [7, 11) is -0.212. The van der Waals surface area contributed by atoms with E-state index in [0.717, 1.165) is 77.3 Å². The van der Waals surface area contributed by atoms with Crippen molar-refractivity contribution in [3.05, 3.63) is 86.7 Å². The number of carboxylic acid groups (broad SMARTS) is 1. The van der Waals surface area contributed by atoms with Crippen LogP contribution in [0.3, 0.4) is 0 Å². The van der Waals surface area contributed by atoms with Gasteiger partial charge in [-0.05, 0) is 115 Å². The molecule has 0 bridgehead atoms. The molecular formula is C36H39Cl2IN8O6S. The quantitative estimate of drug-likeness (QED) is 0.156. The van der Waals surface area contributed by atoms with Crippen molar-refractivity contribution in [3.63, 3.8) is 0 Å². The van der Waals surface area contributed by atoms with E-state index in [0.29, 0.717) is 23.3 Å². The van der Waals surface area contributed by atoms with Gasteiger partial charge < -0.3 is 24.4 Å². The van der Waals surface area contributed by atoms with Gasteiger partial charge in [0.1, 0.15) is 10.2 Å². The molecule has 5 heterocycles. The Balaban J connectivity index is 0.000000276. The molecule has 2 aromatic carbocycles. The number of hydrogen-bond acceptors (Lipinski definition) is 11. The zero-order chi connectivity index (χ0) is 38.4. The summed E-state index contributed by atoms with van der Waals surface area (Å²) >= 11 is 14.2.